The summed E-state index contributed by atoms with van der Waals surface area (Å²) in [5.74, 6) is 1.09. The lowest BCUT2D eigenvalue weighted by Gasteiger charge is -2.29. The maximum Gasteiger partial charge on any atom is 0.261 e. The van der Waals surface area contributed by atoms with Crippen molar-refractivity contribution in [2.45, 2.75) is 4.90 Å². The molecule has 0 aliphatic carbocycles. The largest absolute Gasteiger partial charge is 0.379 e. The highest BCUT2D eigenvalue weighted by Crippen LogP contribution is 2.41. The highest BCUT2D eigenvalue weighted by molar-refractivity contribution is 7.99. The molecule has 0 saturated carbocycles. The second-order valence-electron chi connectivity index (χ2n) is 6.32. The molecule has 7 heteroatoms. The van der Waals surface area contributed by atoms with Crippen LogP contribution < -0.4 is 10.2 Å². The SMILES string of the molecule is O=C(NCCN1CCOCC1)c1ccc(N2CCSc3ccccc32)s1. The summed E-state index contributed by atoms with van der Waals surface area (Å²) in [7, 11) is 0. The molecule has 26 heavy (non-hydrogen) atoms. The number of nitrogens with zero attached hydrogens (tertiary/aromatic N) is 2. The summed E-state index contributed by atoms with van der Waals surface area (Å²) in [5.41, 5.74) is 1.24. The molecule has 0 spiro atoms. The summed E-state index contributed by atoms with van der Waals surface area (Å²) in [6, 6.07) is 12.5. The summed E-state index contributed by atoms with van der Waals surface area (Å²) < 4.78 is 5.35. The van der Waals surface area contributed by atoms with Crippen molar-refractivity contribution < 1.29 is 9.53 Å². The molecule has 1 saturated heterocycles. The fourth-order valence-corrected chi connectivity index (χ4v) is 5.19. The zero-order valence-corrected chi connectivity index (χ0v) is 16.3. The van der Waals surface area contributed by atoms with E-state index in [4.69, 9.17) is 4.74 Å². The lowest BCUT2D eigenvalue weighted by molar-refractivity contribution is 0.0383. The van der Waals surface area contributed by atoms with E-state index in [9.17, 15) is 4.79 Å². The predicted octanol–water partition coefficient (Wildman–Crippen LogP) is 3.05. The highest BCUT2D eigenvalue weighted by atomic mass is 32.2. The quantitative estimate of drug-likeness (QED) is 0.852. The molecule has 0 bridgehead atoms. The normalized spacial score (nSPS) is 17.8. The summed E-state index contributed by atoms with van der Waals surface area (Å²) in [4.78, 5) is 19.2. The number of fused-ring (bicyclic) bond motifs is 1. The van der Waals surface area contributed by atoms with Gasteiger partial charge in [-0.25, -0.2) is 0 Å². The minimum absolute atomic E-state index is 0.0224. The second-order valence-corrected chi connectivity index (χ2v) is 8.51. The van der Waals surface area contributed by atoms with E-state index >= 15 is 0 Å². The van der Waals surface area contributed by atoms with Crippen LogP contribution in [0.15, 0.2) is 41.3 Å². The number of carbonyl (C=O) groups excluding carboxylic acids is 1. The van der Waals surface area contributed by atoms with E-state index in [0.29, 0.717) is 6.54 Å². The van der Waals surface area contributed by atoms with Gasteiger partial charge >= 0.3 is 0 Å². The number of thiophene rings is 1. The Morgan fingerprint density at radius 3 is 2.85 bits per heavy atom. The van der Waals surface area contributed by atoms with Crippen molar-refractivity contribution in [3.8, 4) is 0 Å². The van der Waals surface area contributed by atoms with E-state index in [-0.39, 0.29) is 5.91 Å². The number of amides is 1. The molecule has 0 unspecified atom stereocenters. The number of morpholine rings is 1. The Kier molecular flexibility index (Phi) is 5.79. The van der Waals surface area contributed by atoms with Crippen LogP contribution in [0.5, 0.6) is 0 Å². The van der Waals surface area contributed by atoms with Crippen molar-refractivity contribution >= 4 is 39.7 Å². The van der Waals surface area contributed by atoms with Crippen LogP contribution in [0.3, 0.4) is 0 Å². The number of thioether (sulfide) groups is 1. The van der Waals surface area contributed by atoms with E-state index < -0.39 is 0 Å². The van der Waals surface area contributed by atoms with Crippen LogP contribution in [0, 0.1) is 0 Å². The first-order chi connectivity index (χ1) is 12.8. The van der Waals surface area contributed by atoms with E-state index in [1.807, 2.05) is 17.8 Å². The first kappa shape index (κ1) is 17.9. The maximum absolute atomic E-state index is 12.5. The summed E-state index contributed by atoms with van der Waals surface area (Å²) in [6.07, 6.45) is 0. The summed E-state index contributed by atoms with van der Waals surface area (Å²) in [5, 5.41) is 4.18. The van der Waals surface area contributed by atoms with Crippen molar-refractivity contribution in [1.82, 2.24) is 10.2 Å². The molecule has 2 aromatic rings. The van der Waals surface area contributed by atoms with Crippen LogP contribution in [-0.2, 0) is 4.74 Å². The third-order valence-corrected chi connectivity index (χ3v) is 6.78. The molecule has 5 nitrogen and oxygen atoms in total. The molecule has 1 N–H and O–H groups in total. The molecule has 1 amide bonds. The molecular formula is C19H23N3O2S2. The minimum Gasteiger partial charge on any atom is -0.379 e. The zero-order valence-electron chi connectivity index (χ0n) is 14.6. The number of anilines is 2. The number of rotatable bonds is 5. The molecule has 3 heterocycles. The third-order valence-electron chi connectivity index (χ3n) is 4.63. The lowest BCUT2D eigenvalue weighted by atomic mass is 10.3. The fraction of sp³-hybridized carbons (Fsp3) is 0.421. The number of ether oxygens (including phenoxy) is 1. The Balaban J connectivity index is 1.36. The van der Waals surface area contributed by atoms with Crippen LogP contribution in [-0.4, -0.2) is 62.5 Å². The molecule has 2 aliphatic rings. The van der Waals surface area contributed by atoms with Crippen molar-refractivity contribution in [2.24, 2.45) is 0 Å². The first-order valence-electron chi connectivity index (χ1n) is 8.99. The third kappa shape index (κ3) is 4.06. The average Bonchev–Trinajstić information content (AvgIpc) is 3.18. The first-order valence-corrected chi connectivity index (χ1v) is 10.8. The van der Waals surface area contributed by atoms with Gasteiger partial charge in [0.2, 0.25) is 0 Å². The van der Waals surface area contributed by atoms with E-state index in [1.54, 1.807) is 11.3 Å². The van der Waals surface area contributed by atoms with Crippen LogP contribution in [0.1, 0.15) is 9.67 Å². The monoisotopic (exact) mass is 389 g/mol. The van der Waals surface area contributed by atoms with Gasteiger partial charge in [0.05, 0.1) is 28.8 Å². The van der Waals surface area contributed by atoms with Crippen molar-refractivity contribution in [2.75, 3.05) is 56.6 Å². The fourth-order valence-electron chi connectivity index (χ4n) is 3.23. The second kappa shape index (κ2) is 8.43. The molecule has 0 radical (unpaired) electrons. The Morgan fingerprint density at radius 2 is 1.96 bits per heavy atom. The summed E-state index contributed by atoms with van der Waals surface area (Å²) in [6.45, 7) is 6.01. The molecule has 138 valence electrons. The van der Waals surface area contributed by atoms with E-state index in [0.717, 1.165) is 55.0 Å². The standard InChI is InChI=1S/C19H23N3O2S2/c23-19(20-7-8-21-9-12-24-13-10-21)17-5-6-18(26-17)22-11-14-25-16-4-2-1-3-15(16)22/h1-6H,7-14H2,(H,20,23). The van der Waals surface area contributed by atoms with Crippen molar-refractivity contribution in [3.05, 3.63) is 41.3 Å². The van der Waals surface area contributed by atoms with Gasteiger partial charge in [-0.1, -0.05) is 12.1 Å². The van der Waals surface area contributed by atoms with E-state index in [2.05, 4.69) is 45.4 Å². The van der Waals surface area contributed by atoms with Crippen LogP contribution in [0.4, 0.5) is 10.7 Å². The number of nitrogens with one attached hydrogen (secondary N) is 1. The van der Waals surface area contributed by atoms with Crippen LogP contribution >= 0.6 is 23.1 Å². The molecule has 4 rings (SSSR count). The van der Waals surface area contributed by atoms with Gasteiger partial charge in [-0.2, -0.15) is 0 Å². The Bertz CT molecular complexity index is 759. The van der Waals surface area contributed by atoms with Gasteiger partial charge in [-0.3, -0.25) is 9.69 Å². The summed E-state index contributed by atoms with van der Waals surface area (Å²) >= 11 is 3.46. The van der Waals surface area contributed by atoms with Crippen molar-refractivity contribution in [1.29, 1.82) is 0 Å². The molecule has 0 atom stereocenters. The zero-order chi connectivity index (χ0) is 17.8. The van der Waals surface area contributed by atoms with Gasteiger partial charge in [-0.05, 0) is 24.3 Å². The van der Waals surface area contributed by atoms with Gasteiger partial charge in [-0.15, -0.1) is 23.1 Å². The lowest BCUT2D eigenvalue weighted by Crippen LogP contribution is -2.41. The topological polar surface area (TPSA) is 44.8 Å². The number of hydrogen-bond acceptors (Lipinski definition) is 6. The Labute approximate surface area is 162 Å². The van der Waals surface area contributed by atoms with Gasteiger partial charge in [0.1, 0.15) is 0 Å². The Hall–Kier alpha value is -1.54. The average molecular weight is 390 g/mol. The number of carbonyl (C=O) groups is 1. The van der Waals surface area contributed by atoms with Gasteiger partial charge < -0.3 is 15.0 Å². The van der Waals surface area contributed by atoms with Gasteiger partial charge in [0.15, 0.2) is 0 Å². The van der Waals surface area contributed by atoms with Gasteiger partial charge in [0.25, 0.3) is 5.91 Å². The van der Waals surface area contributed by atoms with Crippen molar-refractivity contribution in [3.63, 3.8) is 0 Å². The smallest absolute Gasteiger partial charge is 0.261 e. The van der Waals surface area contributed by atoms with Gasteiger partial charge in [0, 0.05) is 43.4 Å². The molecule has 2 aliphatic heterocycles. The highest BCUT2D eigenvalue weighted by Gasteiger charge is 2.21. The number of para-hydroxylation sites is 1. The molecule has 1 fully saturated rings. The maximum atomic E-state index is 12.5. The minimum atomic E-state index is 0.0224. The molecular weight excluding hydrogens is 366 g/mol. The van der Waals surface area contributed by atoms with E-state index in [1.165, 1.54) is 10.6 Å². The van der Waals surface area contributed by atoms with Crippen LogP contribution in [0.25, 0.3) is 0 Å². The molecule has 1 aromatic carbocycles. The number of hydrogen-bond donors (Lipinski definition) is 1. The number of benzene rings is 1. The van der Waals surface area contributed by atoms with Crippen LogP contribution in [0.2, 0.25) is 0 Å². The molecule has 1 aromatic heterocycles. The predicted molar refractivity (Wildman–Crippen MR) is 108 cm³/mol. The Morgan fingerprint density at radius 1 is 1.12 bits per heavy atom.